The van der Waals surface area contributed by atoms with E-state index in [9.17, 15) is 9.59 Å². The van der Waals surface area contributed by atoms with Crippen molar-refractivity contribution in [2.75, 3.05) is 31.1 Å². The van der Waals surface area contributed by atoms with Crippen molar-refractivity contribution in [3.05, 3.63) is 59.7 Å². The van der Waals surface area contributed by atoms with Crippen LogP contribution in [-0.4, -0.2) is 49.0 Å². The molecule has 1 saturated heterocycles. The van der Waals surface area contributed by atoms with Gasteiger partial charge in [0, 0.05) is 38.6 Å². The number of nitrogens with zero attached hydrogens (tertiary/aromatic N) is 2. The zero-order valence-electron chi connectivity index (χ0n) is 18.2. The van der Waals surface area contributed by atoms with Gasteiger partial charge in [-0.15, -0.1) is 0 Å². The first kappa shape index (κ1) is 21.4. The number of nitrogens with one attached hydrogen (secondary N) is 1. The van der Waals surface area contributed by atoms with Gasteiger partial charge in [-0.25, -0.2) is 0 Å². The van der Waals surface area contributed by atoms with Crippen LogP contribution in [0.1, 0.15) is 36.8 Å². The molecule has 2 aliphatic rings. The Morgan fingerprint density at radius 2 is 1.90 bits per heavy atom. The molecular weight excluding hydrogens is 390 g/mol. The molecule has 1 fully saturated rings. The fourth-order valence-electron chi connectivity index (χ4n) is 4.33. The Hall–Kier alpha value is -2.86. The SMILES string of the molecule is Cc1ccc2c(c1)N(CCCC(=O)NC1CCN(Cc3ccccc3)CC1)C(=O)CO2. The molecule has 4 rings (SSSR count). The van der Waals surface area contributed by atoms with Crippen LogP contribution in [0.4, 0.5) is 5.69 Å². The van der Waals surface area contributed by atoms with E-state index in [2.05, 4.69) is 34.5 Å². The second kappa shape index (κ2) is 9.96. The number of anilines is 1. The Kier molecular flexibility index (Phi) is 6.87. The summed E-state index contributed by atoms with van der Waals surface area (Å²) in [7, 11) is 0. The molecular formula is C25H31N3O3. The second-order valence-electron chi connectivity index (χ2n) is 8.51. The second-order valence-corrected chi connectivity index (χ2v) is 8.51. The standard InChI is InChI=1S/C25H31N3O3/c1-19-9-10-23-22(16-19)28(25(30)18-31-23)13-5-8-24(29)26-21-11-14-27(15-12-21)17-20-6-3-2-4-7-20/h2-4,6-7,9-10,16,21H,5,8,11-15,17-18H2,1H3,(H,26,29). The normalized spacial score (nSPS) is 17.2. The molecule has 2 aliphatic heterocycles. The van der Waals surface area contributed by atoms with Gasteiger partial charge in [-0.05, 0) is 49.4 Å². The number of fused-ring (bicyclic) bond motifs is 1. The van der Waals surface area contributed by atoms with Gasteiger partial charge in [0.25, 0.3) is 5.91 Å². The van der Waals surface area contributed by atoms with E-state index in [-0.39, 0.29) is 24.5 Å². The van der Waals surface area contributed by atoms with E-state index in [1.165, 1.54) is 5.56 Å². The maximum atomic E-state index is 12.5. The number of likely N-dealkylation sites (tertiary alicyclic amines) is 1. The Balaban J connectivity index is 1.19. The highest BCUT2D eigenvalue weighted by Crippen LogP contribution is 2.33. The summed E-state index contributed by atoms with van der Waals surface area (Å²) in [5.74, 6) is 0.757. The molecule has 0 bridgehead atoms. The van der Waals surface area contributed by atoms with Gasteiger partial charge >= 0.3 is 0 Å². The highest BCUT2D eigenvalue weighted by atomic mass is 16.5. The summed E-state index contributed by atoms with van der Waals surface area (Å²) in [6.45, 7) is 5.55. The maximum Gasteiger partial charge on any atom is 0.265 e. The molecule has 2 aromatic rings. The van der Waals surface area contributed by atoms with E-state index >= 15 is 0 Å². The Morgan fingerprint density at radius 1 is 1.13 bits per heavy atom. The number of hydrogen-bond donors (Lipinski definition) is 1. The van der Waals surface area contributed by atoms with Crippen molar-refractivity contribution in [1.82, 2.24) is 10.2 Å². The predicted molar refractivity (Wildman–Crippen MR) is 121 cm³/mol. The number of rotatable bonds is 7. The molecule has 1 N–H and O–H groups in total. The maximum absolute atomic E-state index is 12.5. The van der Waals surface area contributed by atoms with Gasteiger partial charge in [-0.1, -0.05) is 36.4 Å². The minimum atomic E-state index is -0.0516. The van der Waals surface area contributed by atoms with E-state index in [0.29, 0.717) is 19.4 Å². The van der Waals surface area contributed by atoms with Crippen molar-refractivity contribution >= 4 is 17.5 Å². The number of carbonyl (C=O) groups excluding carboxylic acids is 2. The minimum Gasteiger partial charge on any atom is -0.482 e. The van der Waals surface area contributed by atoms with Gasteiger partial charge in [0.15, 0.2) is 6.61 Å². The smallest absolute Gasteiger partial charge is 0.265 e. The highest BCUT2D eigenvalue weighted by Gasteiger charge is 2.26. The van der Waals surface area contributed by atoms with Crippen molar-refractivity contribution in [3.63, 3.8) is 0 Å². The van der Waals surface area contributed by atoms with Crippen LogP contribution in [0.5, 0.6) is 5.75 Å². The third kappa shape index (κ3) is 5.64. The number of aryl methyl sites for hydroxylation is 1. The lowest BCUT2D eigenvalue weighted by Gasteiger charge is -2.32. The average molecular weight is 422 g/mol. The summed E-state index contributed by atoms with van der Waals surface area (Å²) in [5.41, 5.74) is 3.22. The fourth-order valence-corrected chi connectivity index (χ4v) is 4.33. The first-order valence-corrected chi connectivity index (χ1v) is 11.2. The highest BCUT2D eigenvalue weighted by molar-refractivity contribution is 5.98. The number of ether oxygens (including phenoxy) is 1. The number of hydrogen-bond acceptors (Lipinski definition) is 4. The lowest BCUT2D eigenvalue weighted by atomic mass is 10.0. The average Bonchev–Trinajstić information content (AvgIpc) is 2.77. The molecule has 0 aromatic heterocycles. The van der Waals surface area contributed by atoms with Gasteiger partial charge in [-0.3, -0.25) is 14.5 Å². The molecule has 0 atom stereocenters. The van der Waals surface area contributed by atoms with Crippen molar-refractivity contribution < 1.29 is 14.3 Å². The zero-order valence-corrected chi connectivity index (χ0v) is 18.2. The van der Waals surface area contributed by atoms with Crippen LogP contribution in [-0.2, 0) is 16.1 Å². The largest absolute Gasteiger partial charge is 0.482 e. The van der Waals surface area contributed by atoms with E-state index in [1.807, 2.05) is 31.2 Å². The number of carbonyl (C=O) groups is 2. The van der Waals surface area contributed by atoms with Crippen LogP contribution in [0.25, 0.3) is 0 Å². The van der Waals surface area contributed by atoms with Crippen LogP contribution >= 0.6 is 0 Å². The van der Waals surface area contributed by atoms with Crippen LogP contribution in [0, 0.1) is 6.92 Å². The minimum absolute atomic E-state index is 0.0516. The van der Waals surface area contributed by atoms with Crippen LogP contribution in [0.2, 0.25) is 0 Å². The zero-order chi connectivity index (χ0) is 21.6. The summed E-state index contributed by atoms with van der Waals surface area (Å²) in [5, 5.41) is 3.19. The molecule has 6 nitrogen and oxygen atoms in total. The summed E-state index contributed by atoms with van der Waals surface area (Å²) in [4.78, 5) is 29.0. The molecule has 2 aromatic carbocycles. The summed E-state index contributed by atoms with van der Waals surface area (Å²) < 4.78 is 5.52. The summed E-state index contributed by atoms with van der Waals surface area (Å²) in [6, 6.07) is 16.6. The molecule has 0 spiro atoms. The number of piperidine rings is 1. The molecule has 31 heavy (non-hydrogen) atoms. The van der Waals surface area contributed by atoms with Gasteiger partial charge in [0.1, 0.15) is 5.75 Å². The van der Waals surface area contributed by atoms with Crippen LogP contribution < -0.4 is 15.0 Å². The monoisotopic (exact) mass is 421 g/mol. The van der Waals surface area contributed by atoms with Crippen LogP contribution in [0.3, 0.4) is 0 Å². The van der Waals surface area contributed by atoms with Gasteiger partial charge < -0.3 is 15.0 Å². The first-order valence-electron chi connectivity index (χ1n) is 11.2. The third-order valence-electron chi connectivity index (χ3n) is 6.04. The van der Waals surface area contributed by atoms with E-state index in [4.69, 9.17) is 4.74 Å². The molecule has 0 aliphatic carbocycles. The van der Waals surface area contributed by atoms with Crippen molar-refractivity contribution in [2.24, 2.45) is 0 Å². The van der Waals surface area contributed by atoms with E-state index in [0.717, 1.165) is 49.5 Å². The lowest BCUT2D eigenvalue weighted by molar-refractivity contribution is -0.123. The number of benzene rings is 2. The molecule has 164 valence electrons. The Labute approximate surface area is 184 Å². The Morgan fingerprint density at radius 3 is 2.68 bits per heavy atom. The quantitative estimate of drug-likeness (QED) is 0.745. The molecule has 2 amide bonds. The summed E-state index contributed by atoms with van der Waals surface area (Å²) >= 11 is 0. The lowest BCUT2D eigenvalue weighted by Crippen LogP contribution is -2.44. The molecule has 0 radical (unpaired) electrons. The van der Waals surface area contributed by atoms with Crippen molar-refractivity contribution in [3.8, 4) is 5.75 Å². The molecule has 6 heteroatoms. The topological polar surface area (TPSA) is 61.9 Å². The Bertz CT molecular complexity index is 907. The van der Waals surface area contributed by atoms with Crippen molar-refractivity contribution in [1.29, 1.82) is 0 Å². The third-order valence-corrected chi connectivity index (χ3v) is 6.04. The molecule has 0 saturated carbocycles. The van der Waals surface area contributed by atoms with Crippen molar-refractivity contribution in [2.45, 2.75) is 45.2 Å². The summed E-state index contributed by atoms with van der Waals surface area (Å²) in [6.07, 6.45) is 3.02. The predicted octanol–water partition coefficient (Wildman–Crippen LogP) is 3.28. The molecule has 2 heterocycles. The fraction of sp³-hybridized carbons (Fsp3) is 0.440. The van der Waals surface area contributed by atoms with Gasteiger partial charge in [0.05, 0.1) is 5.69 Å². The van der Waals surface area contributed by atoms with Gasteiger partial charge in [0.2, 0.25) is 5.91 Å². The van der Waals surface area contributed by atoms with E-state index < -0.39 is 0 Å². The first-order chi connectivity index (χ1) is 15.1. The molecule has 0 unspecified atom stereocenters. The van der Waals surface area contributed by atoms with E-state index in [1.54, 1.807) is 4.90 Å². The van der Waals surface area contributed by atoms with Crippen LogP contribution in [0.15, 0.2) is 48.5 Å². The number of amides is 2. The van der Waals surface area contributed by atoms with Gasteiger partial charge in [-0.2, -0.15) is 0 Å².